The monoisotopic (exact) mass is 281 g/mol. The number of carbonyl (C=O) groups excluding carboxylic acids is 1. The van der Waals surface area contributed by atoms with Crippen LogP contribution in [0.5, 0.6) is 0 Å². The molecule has 18 heavy (non-hydrogen) atoms. The summed E-state index contributed by atoms with van der Waals surface area (Å²) in [5, 5.41) is 18.2. The largest absolute Gasteiger partial charge is 0.480 e. The van der Waals surface area contributed by atoms with E-state index in [0.29, 0.717) is 0 Å². The molecule has 0 aliphatic heterocycles. The molecule has 0 radical (unpaired) electrons. The highest BCUT2D eigenvalue weighted by atomic mass is 32.2. The van der Waals surface area contributed by atoms with Crippen molar-refractivity contribution in [2.75, 3.05) is 12.3 Å². The second-order valence-electron chi connectivity index (χ2n) is 4.90. The van der Waals surface area contributed by atoms with Crippen LogP contribution in [0, 0.1) is 5.41 Å². The van der Waals surface area contributed by atoms with Crippen molar-refractivity contribution in [2.45, 2.75) is 26.8 Å². The molecule has 0 rings (SSSR count). The fourth-order valence-corrected chi connectivity index (χ4v) is 1.52. The first-order chi connectivity index (χ1) is 7.93. The predicted molar refractivity (Wildman–Crippen MR) is 65.4 cm³/mol. The lowest BCUT2D eigenvalue weighted by molar-refractivity contribution is -0.141. The molecule has 0 saturated carbocycles. The van der Waals surface area contributed by atoms with Crippen LogP contribution < -0.4 is 15.8 Å². The fraction of sp³-hybridized carbons (Fsp3) is 0.778. The molecule has 0 unspecified atom stereocenters. The molecule has 0 heterocycles. The Morgan fingerprint density at radius 3 is 2.17 bits per heavy atom. The van der Waals surface area contributed by atoms with Gasteiger partial charge in [0, 0.05) is 6.54 Å². The van der Waals surface area contributed by atoms with Gasteiger partial charge in [0.05, 0.1) is 5.75 Å². The van der Waals surface area contributed by atoms with Gasteiger partial charge >= 0.3 is 12.0 Å². The molecule has 0 fully saturated rings. The lowest BCUT2D eigenvalue weighted by Crippen LogP contribution is -2.52. The molecule has 0 spiro atoms. The Kier molecular flexibility index (Phi) is 5.55. The van der Waals surface area contributed by atoms with Crippen molar-refractivity contribution >= 4 is 22.0 Å². The number of hydrogen-bond donors (Lipinski definition) is 4. The number of carboxylic acid groups (broad SMARTS) is 1. The molecule has 5 N–H and O–H groups in total. The van der Waals surface area contributed by atoms with Gasteiger partial charge in [-0.05, 0) is 5.41 Å². The minimum absolute atomic E-state index is 0.179. The van der Waals surface area contributed by atoms with E-state index in [-0.39, 0.29) is 6.54 Å². The molecule has 9 heteroatoms. The first-order valence-electron chi connectivity index (χ1n) is 5.21. The SMILES string of the molecule is CC(C)(C)[C@H](NC(=O)NCCS(N)(=O)=O)C(=O)O. The molecule has 0 aliphatic rings. The standard InChI is InChI=1S/C9H19N3O5S/c1-9(2,3)6(7(13)14)12-8(15)11-4-5-18(10,16)17/h6H,4-5H2,1-3H3,(H,13,14)(H2,10,16,17)(H2,11,12,15)/t6-/m1/s1. The van der Waals surface area contributed by atoms with Crippen LogP contribution in [0.25, 0.3) is 0 Å². The van der Waals surface area contributed by atoms with Gasteiger partial charge in [-0.1, -0.05) is 20.8 Å². The summed E-state index contributed by atoms with van der Waals surface area (Å²) in [5.41, 5.74) is -0.664. The van der Waals surface area contributed by atoms with Gasteiger partial charge in [-0.2, -0.15) is 0 Å². The van der Waals surface area contributed by atoms with Gasteiger partial charge in [-0.15, -0.1) is 0 Å². The van der Waals surface area contributed by atoms with E-state index in [1.165, 1.54) is 0 Å². The first kappa shape index (κ1) is 16.6. The average molecular weight is 281 g/mol. The number of amides is 2. The van der Waals surface area contributed by atoms with Crippen molar-refractivity contribution in [2.24, 2.45) is 10.6 Å². The zero-order valence-electron chi connectivity index (χ0n) is 10.6. The van der Waals surface area contributed by atoms with Crippen LogP contribution in [0.4, 0.5) is 4.79 Å². The third-order valence-electron chi connectivity index (χ3n) is 2.06. The van der Waals surface area contributed by atoms with Crippen LogP contribution >= 0.6 is 0 Å². The number of sulfonamides is 1. The van der Waals surface area contributed by atoms with E-state index in [1.54, 1.807) is 20.8 Å². The summed E-state index contributed by atoms with van der Waals surface area (Å²) in [6.07, 6.45) is 0. The topological polar surface area (TPSA) is 139 Å². The van der Waals surface area contributed by atoms with Crippen molar-refractivity contribution in [1.29, 1.82) is 0 Å². The lowest BCUT2D eigenvalue weighted by atomic mass is 9.87. The predicted octanol–water partition coefficient (Wildman–Crippen LogP) is -0.927. The van der Waals surface area contributed by atoms with E-state index in [0.717, 1.165) is 0 Å². The van der Waals surface area contributed by atoms with Crippen LogP contribution in [-0.4, -0.2) is 43.9 Å². The molecule has 0 aliphatic carbocycles. The fourth-order valence-electron chi connectivity index (χ4n) is 1.14. The molecule has 8 nitrogen and oxygen atoms in total. The highest BCUT2D eigenvalue weighted by Gasteiger charge is 2.32. The number of carbonyl (C=O) groups is 2. The average Bonchev–Trinajstić information content (AvgIpc) is 2.09. The number of urea groups is 1. The summed E-state index contributed by atoms with van der Waals surface area (Å²) in [6, 6.07) is -1.83. The zero-order valence-corrected chi connectivity index (χ0v) is 11.4. The van der Waals surface area contributed by atoms with Crippen LogP contribution in [0.3, 0.4) is 0 Å². The normalized spacial score (nSPS) is 13.8. The Bertz CT molecular complexity index is 412. The Labute approximate surface area is 106 Å². The number of aliphatic carboxylic acids is 1. The van der Waals surface area contributed by atoms with Gasteiger partial charge < -0.3 is 15.7 Å². The minimum atomic E-state index is -3.65. The molecular formula is C9H19N3O5S. The number of nitrogens with one attached hydrogen (secondary N) is 2. The van der Waals surface area contributed by atoms with Crippen LogP contribution in [0.2, 0.25) is 0 Å². The molecule has 0 aromatic rings. The van der Waals surface area contributed by atoms with Crippen molar-refractivity contribution in [3.8, 4) is 0 Å². The van der Waals surface area contributed by atoms with E-state index < -0.39 is 39.2 Å². The Balaban J connectivity index is 4.33. The van der Waals surface area contributed by atoms with Crippen LogP contribution in [0.15, 0.2) is 0 Å². The number of rotatable bonds is 5. The number of primary sulfonamides is 1. The van der Waals surface area contributed by atoms with Crippen LogP contribution in [0.1, 0.15) is 20.8 Å². The molecule has 0 aromatic carbocycles. The first-order valence-corrected chi connectivity index (χ1v) is 6.92. The van der Waals surface area contributed by atoms with Gasteiger partial charge in [0.1, 0.15) is 6.04 Å². The molecule has 2 amide bonds. The van der Waals surface area contributed by atoms with Gasteiger partial charge in [0.2, 0.25) is 10.0 Å². The van der Waals surface area contributed by atoms with E-state index in [9.17, 15) is 18.0 Å². The molecule has 0 aromatic heterocycles. The Morgan fingerprint density at radius 1 is 1.33 bits per heavy atom. The second-order valence-corrected chi connectivity index (χ2v) is 6.64. The maximum absolute atomic E-state index is 11.4. The molecule has 0 bridgehead atoms. The minimum Gasteiger partial charge on any atom is -0.480 e. The number of nitrogens with two attached hydrogens (primary N) is 1. The summed E-state index contributed by atoms with van der Waals surface area (Å²) in [7, 11) is -3.65. The molecule has 106 valence electrons. The maximum Gasteiger partial charge on any atom is 0.326 e. The van der Waals surface area contributed by atoms with E-state index in [4.69, 9.17) is 10.2 Å². The van der Waals surface area contributed by atoms with E-state index >= 15 is 0 Å². The highest BCUT2D eigenvalue weighted by molar-refractivity contribution is 7.89. The number of carboxylic acids is 1. The van der Waals surface area contributed by atoms with Crippen molar-refractivity contribution < 1.29 is 23.1 Å². The maximum atomic E-state index is 11.4. The van der Waals surface area contributed by atoms with Crippen molar-refractivity contribution in [1.82, 2.24) is 10.6 Å². The zero-order chi connectivity index (χ0) is 14.6. The summed E-state index contributed by atoms with van der Waals surface area (Å²) >= 11 is 0. The van der Waals surface area contributed by atoms with Crippen molar-refractivity contribution in [3.05, 3.63) is 0 Å². The number of hydrogen-bond acceptors (Lipinski definition) is 4. The quantitative estimate of drug-likeness (QED) is 0.516. The summed E-state index contributed by atoms with van der Waals surface area (Å²) in [6.45, 7) is 4.81. The molecule has 0 saturated heterocycles. The summed E-state index contributed by atoms with van der Waals surface area (Å²) in [5.74, 6) is -1.57. The molecule has 1 atom stereocenters. The van der Waals surface area contributed by atoms with Gasteiger partial charge in [-0.3, -0.25) is 0 Å². The van der Waals surface area contributed by atoms with E-state index in [1.807, 2.05) is 0 Å². The van der Waals surface area contributed by atoms with Gasteiger partial charge in [0.25, 0.3) is 0 Å². The smallest absolute Gasteiger partial charge is 0.326 e. The second kappa shape index (κ2) is 6.01. The molecular weight excluding hydrogens is 262 g/mol. The third kappa shape index (κ3) is 7.07. The van der Waals surface area contributed by atoms with Crippen molar-refractivity contribution in [3.63, 3.8) is 0 Å². The Morgan fingerprint density at radius 2 is 1.83 bits per heavy atom. The summed E-state index contributed by atoms with van der Waals surface area (Å²) in [4.78, 5) is 22.3. The lowest BCUT2D eigenvalue weighted by Gasteiger charge is -2.27. The van der Waals surface area contributed by atoms with Gasteiger partial charge in [-0.25, -0.2) is 23.1 Å². The van der Waals surface area contributed by atoms with Crippen LogP contribution in [-0.2, 0) is 14.8 Å². The highest BCUT2D eigenvalue weighted by Crippen LogP contribution is 2.19. The third-order valence-corrected chi connectivity index (χ3v) is 2.83. The Hall–Kier alpha value is -1.35. The van der Waals surface area contributed by atoms with Gasteiger partial charge in [0.15, 0.2) is 0 Å². The van der Waals surface area contributed by atoms with E-state index in [2.05, 4.69) is 10.6 Å². The summed E-state index contributed by atoms with van der Waals surface area (Å²) < 4.78 is 21.2.